The van der Waals surface area contributed by atoms with E-state index in [-0.39, 0.29) is 10.8 Å². The maximum atomic E-state index is 8.95. The van der Waals surface area contributed by atoms with Gasteiger partial charge in [-0.25, -0.2) is 0 Å². The zero-order valence-corrected chi connectivity index (χ0v) is 5.76. The summed E-state index contributed by atoms with van der Waals surface area (Å²) in [4.78, 5) is 0. The predicted molar refractivity (Wildman–Crippen MR) is 38.5 cm³/mol. The van der Waals surface area contributed by atoms with Crippen molar-refractivity contribution in [3.05, 3.63) is 23.2 Å². The fraction of sp³-hybridized carbons (Fsp3) is 0. The van der Waals surface area contributed by atoms with Crippen molar-refractivity contribution in [1.29, 1.82) is 0 Å². The van der Waals surface area contributed by atoms with Crippen LogP contribution >= 0.6 is 11.6 Å². The van der Waals surface area contributed by atoms with E-state index in [0.29, 0.717) is 5.69 Å². The van der Waals surface area contributed by atoms with Gasteiger partial charge < -0.3 is 5.11 Å². The number of hydrogen-bond donors (Lipinski definition) is 3. The molecule has 0 unspecified atom stereocenters. The van der Waals surface area contributed by atoms with Gasteiger partial charge in [-0.2, -0.15) is 0 Å². The first kappa shape index (κ1) is 7.18. The third kappa shape index (κ3) is 1.32. The van der Waals surface area contributed by atoms with E-state index < -0.39 is 0 Å². The van der Waals surface area contributed by atoms with E-state index >= 15 is 0 Å². The van der Waals surface area contributed by atoms with E-state index in [2.05, 4.69) is 0 Å². The minimum Gasteiger partial charge on any atom is -0.506 e. The largest absolute Gasteiger partial charge is 0.506 e. The van der Waals surface area contributed by atoms with E-state index in [1.54, 1.807) is 6.07 Å². The Morgan fingerprint density at radius 2 is 2.10 bits per heavy atom. The van der Waals surface area contributed by atoms with Crippen LogP contribution in [0.25, 0.3) is 0 Å². The molecule has 0 aliphatic carbocycles. The zero-order valence-electron chi connectivity index (χ0n) is 5.00. The molecular weight excluding hydrogens is 154 g/mol. The van der Waals surface area contributed by atoms with Crippen molar-refractivity contribution >= 4 is 17.3 Å². The smallest absolute Gasteiger partial charge is 0.136 e. The Bertz CT molecular complexity index is 239. The number of anilines is 1. The van der Waals surface area contributed by atoms with Crippen molar-refractivity contribution in [2.45, 2.75) is 0 Å². The molecule has 4 heteroatoms. The molecule has 1 rings (SSSR count). The molecule has 0 atom stereocenters. The minimum atomic E-state index is -0.0549. The summed E-state index contributed by atoms with van der Waals surface area (Å²) < 4.78 is 0. The van der Waals surface area contributed by atoms with Gasteiger partial charge in [0.25, 0.3) is 0 Å². The van der Waals surface area contributed by atoms with Crippen molar-refractivity contribution in [2.24, 2.45) is 0 Å². The molecule has 0 saturated carbocycles. The van der Waals surface area contributed by atoms with Gasteiger partial charge in [0, 0.05) is 6.07 Å². The quantitative estimate of drug-likeness (QED) is 0.548. The van der Waals surface area contributed by atoms with Crippen molar-refractivity contribution in [2.75, 3.05) is 5.48 Å². The number of phenols is 1. The molecule has 0 aliphatic rings. The van der Waals surface area contributed by atoms with Crippen LogP contribution in [0.15, 0.2) is 18.2 Å². The summed E-state index contributed by atoms with van der Waals surface area (Å²) in [5.74, 6) is -0.0549. The van der Waals surface area contributed by atoms with Crippen molar-refractivity contribution in [3.63, 3.8) is 0 Å². The lowest BCUT2D eigenvalue weighted by Crippen LogP contribution is -1.87. The predicted octanol–water partition coefficient (Wildman–Crippen LogP) is 1.85. The monoisotopic (exact) mass is 159 g/mol. The number of phenolic OH excluding ortho intramolecular Hbond substituents is 1. The molecule has 0 amide bonds. The SMILES string of the molecule is ONc1ccc(Cl)c(O)c1. The average Bonchev–Trinajstić information content (AvgIpc) is 1.95. The topological polar surface area (TPSA) is 52.5 Å². The third-order valence-electron chi connectivity index (χ3n) is 1.08. The molecule has 0 heterocycles. The standard InChI is InChI=1S/C6H6ClNO2/c7-5-2-1-4(8-10)3-6(5)9/h1-3,8-10H. The second kappa shape index (κ2) is 2.77. The molecule has 1 aromatic carbocycles. The minimum absolute atomic E-state index is 0.0549. The number of hydrogen-bond acceptors (Lipinski definition) is 3. The van der Waals surface area contributed by atoms with Crippen LogP contribution in [0, 0.1) is 0 Å². The summed E-state index contributed by atoms with van der Waals surface area (Å²) in [5.41, 5.74) is 2.28. The fourth-order valence-electron chi connectivity index (χ4n) is 0.582. The molecule has 0 bridgehead atoms. The van der Waals surface area contributed by atoms with E-state index in [4.69, 9.17) is 21.9 Å². The van der Waals surface area contributed by atoms with Gasteiger partial charge >= 0.3 is 0 Å². The molecule has 3 nitrogen and oxygen atoms in total. The van der Waals surface area contributed by atoms with Gasteiger partial charge in [-0.15, -0.1) is 0 Å². The molecule has 0 radical (unpaired) electrons. The van der Waals surface area contributed by atoms with Crippen LogP contribution in [0.1, 0.15) is 0 Å². The highest BCUT2D eigenvalue weighted by Crippen LogP contribution is 2.25. The Hall–Kier alpha value is -0.930. The van der Waals surface area contributed by atoms with E-state index in [9.17, 15) is 0 Å². The molecule has 0 saturated heterocycles. The Morgan fingerprint density at radius 3 is 2.60 bits per heavy atom. The van der Waals surface area contributed by atoms with Gasteiger partial charge in [0.15, 0.2) is 0 Å². The van der Waals surface area contributed by atoms with Crippen molar-refractivity contribution in [3.8, 4) is 5.75 Å². The maximum absolute atomic E-state index is 8.95. The Labute approximate surface area is 62.8 Å². The molecule has 0 aliphatic heterocycles. The number of rotatable bonds is 1. The van der Waals surface area contributed by atoms with Crippen LogP contribution in [0.2, 0.25) is 5.02 Å². The second-order valence-corrected chi connectivity index (χ2v) is 2.19. The van der Waals surface area contributed by atoms with Gasteiger partial charge in [0.1, 0.15) is 5.75 Å². The summed E-state index contributed by atoms with van der Waals surface area (Å²) in [6.45, 7) is 0. The highest BCUT2D eigenvalue weighted by atomic mass is 35.5. The van der Waals surface area contributed by atoms with Gasteiger partial charge in [0.2, 0.25) is 0 Å². The molecule has 0 fully saturated rings. The first-order valence-electron chi connectivity index (χ1n) is 2.62. The van der Waals surface area contributed by atoms with E-state index in [1.165, 1.54) is 12.1 Å². The van der Waals surface area contributed by atoms with Crippen LogP contribution in [-0.4, -0.2) is 10.3 Å². The zero-order chi connectivity index (χ0) is 7.56. The second-order valence-electron chi connectivity index (χ2n) is 1.78. The fourth-order valence-corrected chi connectivity index (χ4v) is 0.700. The summed E-state index contributed by atoms with van der Waals surface area (Å²) in [6.07, 6.45) is 0. The molecule has 0 aromatic heterocycles. The third-order valence-corrected chi connectivity index (χ3v) is 1.39. The van der Waals surface area contributed by atoms with Crippen LogP contribution in [0.5, 0.6) is 5.75 Å². The Balaban J connectivity index is 3.04. The molecule has 1 aromatic rings. The number of aromatic hydroxyl groups is 1. The van der Waals surface area contributed by atoms with Crippen LogP contribution in [0.3, 0.4) is 0 Å². The lowest BCUT2D eigenvalue weighted by Gasteiger charge is -1.99. The Morgan fingerprint density at radius 1 is 1.40 bits per heavy atom. The number of nitrogens with one attached hydrogen (secondary N) is 1. The number of halogens is 1. The highest BCUT2D eigenvalue weighted by Gasteiger charge is 1.97. The number of benzene rings is 1. The van der Waals surface area contributed by atoms with Crippen LogP contribution in [0.4, 0.5) is 5.69 Å². The lowest BCUT2D eigenvalue weighted by molar-refractivity contribution is 0.388. The average molecular weight is 160 g/mol. The van der Waals surface area contributed by atoms with E-state index in [1.807, 2.05) is 5.48 Å². The molecule has 10 heavy (non-hydrogen) atoms. The molecule has 54 valence electrons. The lowest BCUT2D eigenvalue weighted by atomic mass is 10.3. The van der Waals surface area contributed by atoms with Gasteiger partial charge in [-0.1, -0.05) is 11.6 Å². The van der Waals surface area contributed by atoms with Crippen LogP contribution in [-0.2, 0) is 0 Å². The summed E-state index contributed by atoms with van der Waals surface area (Å²) in [6, 6.07) is 4.35. The summed E-state index contributed by atoms with van der Waals surface area (Å²) in [7, 11) is 0. The summed E-state index contributed by atoms with van der Waals surface area (Å²) >= 11 is 5.48. The molecule has 0 spiro atoms. The van der Waals surface area contributed by atoms with Gasteiger partial charge in [-0.05, 0) is 12.1 Å². The molecular formula is C6H6ClNO2. The first-order valence-corrected chi connectivity index (χ1v) is 3.00. The summed E-state index contributed by atoms with van der Waals surface area (Å²) in [5, 5.41) is 17.6. The van der Waals surface area contributed by atoms with Crippen LogP contribution < -0.4 is 5.48 Å². The van der Waals surface area contributed by atoms with Crippen molar-refractivity contribution in [1.82, 2.24) is 0 Å². The maximum Gasteiger partial charge on any atom is 0.136 e. The van der Waals surface area contributed by atoms with Gasteiger partial charge in [-0.3, -0.25) is 10.7 Å². The highest BCUT2D eigenvalue weighted by molar-refractivity contribution is 6.32. The Kier molecular flexibility index (Phi) is 1.99. The van der Waals surface area contributed by atoms with Crippen molar-refractivity contribution < 1.29 is 10.3 Å². The van der Waals surface area contributed by atoms with Gasteiger partial charge in [0.05, 0.1) is 10.7 Å². The normalized spacial score (nSPS) is 9.40. The first-order chi connectivity index (χ1) is 4.74. The molecule has 3 N–H and O–H groups in total. The van der Waals surface area contributed by atoms with E-state index in [0.717, 1.165) is 0 Å².